The maximum atomic E-state index is 12.7. The van der Waals surface area contributed by atoms with Crippen molar-refractivity contribution in [1.82, 2.24) is 5.32 Å². The molecule has 3 rings (SSSR count). The first-order valence-corrected chi connectivity index (χ1v) is 7.80. The minimum Gasteiger partial charge on any atom is -0.349 e. The maximum Gasteiger partial charge on any atom is 0.228 e. The Bertz CT molecular complexity index is 737. The highest BCUT2D eigenvalue weighted by molar-refractivity contribution is 6.01. The lowest BCUT2D eigenvalue weighted by Gasteiger charge is -2.26. The number of para-hydroxylation sites is 1. The molecule has 2 aromatic rings. The van der Waals surface area contributed by atoms with Crippen molar-refractivity contribution in [2.24, 2.45) is 0 Å². The molecule has 0 saturated heterocycles. The first-order valence-electron chi connectivity index (χ1n) is 7.80. The van der Waals surface area contributed by atoms with E-state index in [4.69, 9.17) is 0 Å². The Balaban J connectivity index is 1.78. The van der Waals surface area contributed by atoms with E-state index < -0.39 is 5.92 Å². The van der Waals surface area contributed by atoms with Crippen molar-refractivity contribution in [2.75, 3.05) is 5.32 Å². The molecule has 1 aliphatic rings. The fourth-order valence-electron chi connectivity index (χ4n) is 2.90. The third-order valence-corrected chi connectivity index (χ3v) is 4.25. The third-order valence-electron chi connectivity index (χ3n) is 4.25. The number of carbonyl (C=O) groups excluding carboxylic acids is 2. The summed E-state index contributed by atoms with van der Waals surface area (Å²) < 4.78 is 0. The standard InChI is InChI=1S/C19H20N2O2/c1-12-7-9-14(10-8-12)13(2)20-19(23)16-11-18(22)21-17-6-4-3-5-15(16)17/h3-10,13,16H,11H2,1-2H3,(H,20,23)(H,21,22). The van der Waals surface area contributed by atoms with Gasteiger partial charge in [0.1, 0.15) is 0 Å². The van der Waals surface area contributed by atoms with Gasteiger partial charge in [0, 0.05) is 12.1 Å². The summed E-state index contributed by atoms with van der Waals surface area (Å²) in [5.74, 6) is -0.667. The lowest BCUT2D eigenvalue weighted by Crippen LogP contribution is -2.36. The first-order chi connectivity index (χ1) is 11.0. The SMILES string of the molecule is Cc1ccc(C(C)NC(=O)C2CC(=O)Nc3ccccc32)cc1. The fourth-order valence-corrected chi connectivity index (χ4v) is 2.90. The predicted molar refractivity (Wildman–Crippen MR) is 90.2 cm³/mol. The molecule has 4 heteroatoms. The topological polar surface area (TPSA) is 58.2 Å². The highest BCUT2D eigenvalue weighted by atomic mass is 16.2. The highest BCUT2D eigenvalue weighted by Crippen LogP contribution is 2.32. The Hall–Kier alpha value is -2.62. The van der Waals surface area contributed by atoms with Crippen molar-refractivity contribution in [3.05, 3.63) is 65.2 Å². The normalized spacial score (nSPS) is 17.8. The number of carbonyl (C=O) groups is 2. The van der Waals surface area contributed by atoms with Crippen molar-refractivity contribution >= 4 is 17.5 Å². The van der Waals surface area contributed by atoms with Crippen LogP contribution in [0.2, 0.25) is 0 Å². The van der Waals surface area contributed by atoms with Crippen LogP contribution in [0.15, 0.2) is 48.5 Å². The van der Waals surface area contributed by atoms with Crippen LogP contribution in [0.3, 0.4) is 0 Å². The predicted octanol–water partition coefficient (Wildman–Crippen LogP) is 3.30. The molecular formula is C19H20N2O2. The number of amides is 2. The van der Waals surface area contributed by atoms with E-state index in [-0.39, 0.29) is 24.3 Å². The molecule has 2 aromatic carbocycles. The number of benzene rings is 2. The lowest BCUT2D eigenvalue weighted by molar-refractivity contribution is -0.126. The molecule has 0 aliphatic carbocycles. The average Bonchev–Trinajstić information content (AvgIpc) is 2.54. The van der Waals surface area contributed by atoms with Crippen LogP contribution < -0.4 is 10.6 Å². The Labute approximate surface area is 135 Å². The van der Waals surface area contributed by atoms with Gasteiger partial charge in [0.05, 0.1) is 12.0 Å². The molecule has 0 fully saturated rings. The van der Waals surface area contributed by atoms with Gasteiger partial charge in [-0.3, -0.25) is 9.59 Å². The molecule has 23 heavy (non-hydrogen) atoms. The van der Waals surface area contributed by atoms with E-state index in [1.54, 1.807) is 0 Å². The quantitative estimate of drug-likeness (QED) is 0.914. The van der Waals surface area contributed by atoms with Gasteiger partial charge in [-0.05, 0) is 31.0 Å². The lowest BCUT2D eigenvalue weighted by atomic mass is 9.89. The maximum absolute atomic E-state index is 12.7. The zero-order valence-corrected chi connectivity index (χ0v) is 13.3. The minimum absolute atomic E-state index is 0.0970. The van der Waals surface area contributed by atoms with Crippen LogP contribution in [0, 0.1) is 6.92 Å². The van der Waals surface area contributed by atoms with Gasteiger partial charge in [0.15, 0.2) is 0 Å². The second-order valence-corrected chi connectivity index (χ2v) is 6.03. The van der Waals surface area contributed by atoms with E-state index >= 15 is 0 Å². The van der Waals surface area contributed by atoms with E-state index in [9.17, 15) is 9.59 Å². The largest absolute Gasteiger partial charge is 0.349 e. The summed E-state index contributed by atoms with van der Waals surface area (Å²) in [4.78, 5) is 24.5. The van der Waals surface area contributed by atoms with Crippen LogP contribution in [-0.2, 0) is 9.59 Å². The molecule has 0 saturated carbocycles. The summed E-state index contributed by atoms with van der Waals surface area (Å²) in [6.07, 6.45) is 0.184. The number of anilines is 1. The summed E-state index contributed by atoms with van der Waals surface area (Å²) in [5.41, 5.74) is 3.84. The summed E-state index contributed by atoms with van der Waals surface area (Å²) in [6.45, 7) is 3.99. The Kier molecular flexibility index (Phi) is 4.15. The zero-order chi connectivity index (χ0) is 16.4. The molecule has 118 valence electrons. The molecule has 0 spiro atoms. The van der Waals surface area contributed by atoms with Crippen LogP contribution in [0.4, 0.5) is 5.69 Å². The summed E-state index contributed by atoms with van der Waals surface area (Å²) in [6, 6.07) is 15.5. The monoisotopic (exact) mass is 308 g/mol. The molecule has 2 N–H and O–H groups in total. The van der Waals surface area contributed by atoms with E-state index in [2.05, 4.69) is 10.6 Å². The van der Waals surface area contributed by atoms with Gasteiger partial charge in [-0.2, -0.15) is 0 Å². The molecule has 4 nitrogen and oxygen atoms in total. The van der Waals surface area contributed by atoms with Crippen molar-refractivity contribution in [2.45, 2.75) is 32.2 Å². The number of rotatable bonds is 3. The number of fused-ring (bicyclic) bond motifs is 1. The first kappa shape index (κ1) is 15.3. The van der Waals surface area contributed by atoms with E-state index in [1.165, 1.54) is 5.56 Å². The van der Waals surface area contributed by atoms with Crippen molar-refractivity contribution in [1.29, 1.82) is 0 Å². The summed E-state index contributed by atoms with van der Waals surface area (Å²) in [7, 11) is 0. The second-order valence-electron chi connectivity index (χ2n) is 6.03. The van der Waals surface area contributed by atoms with Gasteiger partial charge in [0.25, 0.3) is 0 Å². The average molecular weight is 308 g/mol. The molecule has 1 heterocycles. The van der Waals surface area contributed by atoms with Gasteiger partial charge in [-0.15, -0.1) is 0 Å². The number of aryl methyl sites for hydroxylation is 1. The van der Waals surface area contributed by atoms with Crippen molar-refractivity contribution < 1.29 is 9.59 Å². The van der Waals surface area contributed by atoms with E-state index in [0.717, 1.165) is 16.8 Å². The zero-order valence-electron chi connectivity index (χ0n) is 13.3. The Morgan fingerprint density at radius 3 is 2.61 bits per heavy atom. The van der Waals surface area contributed by atoms with Gasteiger partial charge >= 0.3 is 0 Å². The van der Waals surface area contributed by atoms with Crippen LogP contribution in [-0.4, -0.2) is 11.8 Å². The molecule has 2 unspecified atom stereocenters. The Morgan fingerprint density at radius 2 is 1.87 bits per heavy atom. The Morgan fingerprint density at radius 1 is 1.17 bits per heavy atom. The molecule has 0 aromatic heterocycles. The molecule has 0 radical (unpaired) electrons. The number of hydrogen-bond acceptors (Lipinski definition) is 2. The molecule has 2 amide bonds. The molecule has 1 aliphatic heterocycles. The summed E-state index contributed by atoms with van der Waals surface area (Å²) in [5, 5.41) is 5.84. The van der Waals surface area contributed by atoms with Crippen LogP contribution in [0.25, 0.3) is 0 Å². The molecular weight excluding hydrogens is 288 g/mol. The highest BCUT2D eigenvalue weighted by Gasteiger charge is 2.31. The fraction of sp³-hybridized carbons (Fsp3) is 0.263. The number of nitrogens with one attached hydrogen (secondary N) is 2. The van der Waals surface area contributed by atoms with E-state index in [0.29, 0.717) is 0 Å². The van der Waals surface area contributed by atoms with Crippen LogP contribution >= 0.6 is 0 Å². The van der Waals surface area contributed by atoms with Crippen LogP contribution in [0.5, 0.6) is 0 Å². The smallest absolute Gasteiger partial charge is 0.228 e. The summed E-state index contributed by atoms with van der Waals surface area (Å²) >= 11 is 0. The van der Waals surface area contributed by atoms with Crippen molar-refractivity contribution in [3.8, 4) is 0 Å². The number of hydrogen-bond donors (Lipinski definition) is 2. The van der Waals surface area contributed by atoms with Crippen molar-refractivity contribution in [3.63, 3.8) is 0 Å². The molecule has 0 bridgehead atoms. The van der Waals surface area contributed by atoms with Gasteiger partial charge < -0.3 is 10.6 Å². The van der Waals surface area contributed by atoms with E-state index in [1.807, 2.05) is 62.4 Å². The molecule has 2 atom stereocenters. The second kappa shape index (κ2) is 6.24. The van der Waals surface area contributed by atoms with Gasteiger partial charge in [0.2, 0.25) is 11.8 Å². The van der Waals surface area contributed by atoms with Gasteiger partial charge in [-0.1, -0.05) is 48.0 Å². The third kappa shape index (κ3) is 3.26. The minimum atomic E-state index is -0.437. The van der Waals surface area contributed by atoms with Gasteiger partial charge in [-0.25, -0.2) is 0 Å². The van der Waals surface area contributed by atoms with Crippen LogP contribution in [0.1, 0.15) is 42.0 Å².